The number of carbonyl (C=O) groups is 2. The summed E-state index contributed by atoms with van der Waals surface area (Å²) in [6.45, 7) is 1.77. The Kier molecular flexibility index (Phi) is 7.92. The lowest BCUT2D eigenvalue weighted by molar-refractivity contribution is -0.142. The van der Waals surface area contributed by atoms with Gasteiger partial charge in [-0.15, -0.1) is 0 Å². The number of nitrogens with zero attached hydrogens (tertiary/aromatic N) is 1. The van der Waals surface area contributed by atoms with E-state index < -0.39 is 11.9 Å². The fourth-order valence-electron chi connectivity index (χ4n) is 3.38. The van der Waals surface area contributed by atoms with Gasteiger partial charge >= 0.3 is 5.97 Å². The van der Waals surface area contributed by atoms with Crippen molar-refractivity contribution in [3.05, 3.63) is 54.1 Å². The van der Waals surface area contributed by atoms with Gasteiger partial charge in [-0.05, 0) is 67.3 Å². The smallest absolute Gasteiger partial charge is 0.331 e. The Hall–Kier alpha value is -3.48. The maximum Gasteiger partial charge on any atom is 0.331 e. The molecule has 0 aliphatic carbocycles. The first-order valence-corrected chi connectivity index (χ1v) is 10.3. The molecule has 1 N–H and O–H groups in total. The molecule has 1 saturated heterocycles. The molecule has 0 atom stereocenters. The van der Waals surface area contributed by atoms with Gasteiger partial charge in [0.25, 0.3) is 5.91 Å². The molecule has 1 fully saturated rings. The average Bonchev–Trinajstić information content (AvgIpc) is 2.82. The standard InChI is InChI=1S/C24H28N2O5/c1-29-21-14-18(15-22(16-21)30-2)6-11-24(28)31-17-23(27)25-19-7-9-20(10-8-19)26-12-4-3-5-13-26/h6-11,14-16H,3-5,12-13,17H2,1-2H3,(H,25,27)/b11-6+. The van der Waals surface area contributed by atoms with Crippen LogP contribution in [0.5, 0.6) is 11.5 Å². The molecule has 164 valence electrons. The van der Waals surface area contributed by atoms with Crippen molar-refractivity contribution in [2.75, 3.05) is 44.1 Å². The third-order valence-electron chi connectivity index (χ3n) is 5.00. The zero-order valence-electron chi connectivity index (χ0n) is 17.9. The van der Waals surface area contributed by atoms with E-state index in [1.165, 1.54) is 25.3 Å². The molecule has 2 aromatic carbocycles. The van der Waals surface area contributed by atoms with Crippen molar-refractivity contribution in [1.82, 2.24) is 0 Å². The molecule has 0 spiro atoms. The van der Waals surface area contributed by atoms with Gasteiger partial charge in [0, 0.05) is 36.6 Å². The Morgan fingerprint density at radius 2 is 1.61 bits per heavy atom. The first kappa shape index (κ1) is 22.2. The van der Waals surface area contributed by atoms with Crippen molar-refractivity contribution in [3.63, 3.8) is 0 Å². The highest BCUT2D eigenvalue weighted by molar-refractivity contribution is 5.94. The molecule has 0 unspecified atom stereocenters. The predicted molar refractivity (Wildman–Crippen MR) is 121 cm³/mol. The van der Waals surface area contributed by atoms with Gasteiger partial charge < -0.3 is 24.4 Å². The van der Waals surface area contributed by atoms with Crippen molar-refractivity contribution < 1.29 is 23.8 Å². The number of benzene rings is 2. The van der Waals surface area contributed by atoms with Crippen LogP contribution in [0.1, 0.15) is 24.8 Å². The number of piperidine rings is 1. The molecule has 0 aromatic heterocycles. The van der Waals surface area contributed by atoms with E-state index in [1.807, 2.05) is 24.3 Å². The zero-order chi connectivity index (χ0) is 22.1. The van der Waals surface area contributed by atoms with Crippen molar-refractivity contribution in [3.8, 4) is 11.5 Å². The summed E-state index contributed by atoms with van der Waals surface area (Å²) in [5, 5.41) is 2.74. The minimum absolute atomic E-state index is 0.363. The molecule has 3 rings (SSSR count). The van der Waals surface area contributed by atoms with E-state index in [-0.39, 0.29) is 6.61 Å². The minimum Gasteiger partial charge on any atom is -0.497 e. The number of amides is 1. The fraction of sp³-hybridized carbons (Fsp3) is 0.333. The van der Waals surface area contributed by atoms with Gasteiger partial charge in [-0.2, -0.15) is 0 Å². The van der Waals surface area contributed by atoms with Gasteiger partial charge in [0.05, 0.1) is 14.2 Å². The lowest BCUT2D eigenvalue weighted by atomic mass is 10.1. The van der Waals surface area contributed by atoms with E-state index in [9.17, 15) is 9.59 Å². The summed E-state index contributed by atoms with van der Waals surface area (Å²) in [5.41, 5.74) is 2.54. The molecule has 31 heavy (non-hydrogen) atoms. The van der Waals surface area contributed by atoms with E-state index in [4.69, 9.17) is 14.2 Å². The normalized spacial score (nSPS) is 13.7. The number of rotatable bonds is 8. The monoisotopic (exact) mass is 424 g/mol. The first-order chi connectivity index (χ1) is 15.1. The average molecular weight is 424 g/mol. The first-order valence-electron chi connectivity index (χ1n) is 10.3. The van der Waals surface area contributed by atoms with Crippen molar-refractivity contribution in [1.29, 1.82) is 0 Å². The number of hydrogen-bond donors (Lipinski definition) is 1. The number of carbonyl (C=O) groups excluding carboxylic acids is 2. The van der Waals surface area contributed by atoms with Crippen LogP contribution in [0.3, 0.4) is 0 Å². The third-order valence-corrected chi connectivity index (χ3v) is 5.00. The van der Waals surface area contributed by atoms with Crippen molar-refractivity contribution in [2.45, 2.75) is 19.3 Å². The summed E-state index contributed by atoms with van der Waals surface area (Å²) in [6.07, 6.45) is 6.54. The topological polar surface area (TPSA) is 77.1 Å². The Morgan fingerprint density at radius 1 is 0.968 bits per heavy atom. The van der Waals surface area contributed by atoms with Crippen LogP contribution in [-0.4, -0.2) is 45.8 Å². The second-order valence-electron chi connectivity index (χ2n) is 7.23. The van der Waals surface area contributed by atoms with Gasteiger partial charge in [0.2, 0.25) is 0 Å². The quantitative estimate of drug-likeness (QED) is 0.512. The van der Waals surface area contributed by atoms with Crippen molar-refractivity contribution >= 4 is 29.3 Å². The fourth-order valence-corrected chi connectivity index (χ4v) is 3.38. The Labute approximate surface area is 182 Å². The Bertz CT molecular complexity index is 896. The van der Waals surface area contributed by atoms with Gasteiger partial charge in [-0.25, -0.2) is 4.79 Å². The largest absolute Gasteiger partial charge is 0.497 e. The second-order valence-corrected chi connectivity index (χ2v) is 7.23. The lowest BCUT2D eigenvalue weighted by Gasteiger charge is -2.28. The van der Waals surface area contributed by atoms with Crippen LogP contribution >= 0.6 is 0 Å². The van der Waals surface area contributed by atoms with Gasteiger partial charge in [0.1, 0.15) is 11.5 Å². The van der Waals surface area contributed by atoms with Gasteiger partial charge in [0.15, 0.2) is 6.61 Å². The zero-order valence-corrected chi connectivity index (χ0v) is 17.9. The van der Waals surface area contributed by atoms with Crippen molar-refractivity contribution in [2.24, 2.45) is 0 Å². The van der Waals surface area contributed by atoms with E-state index in [2.05, 4.69) is 10.2 Å². The summed E-state index contributed by atoms with van der Waals surface area (Å²) in [7, 11) is 3.10. The molecule has 0 bridgehead atoms. The number of anilines is 2. The molecule has 1 heterocycles. The number of ether oxygens (including phenoxy) is 3. The molecule has 7 heteroatoms. The summed E-state index contributed by atoms with van der Waals surface area (Å²) < 4.78 is 15.4. The maximum absolute atomic E-state index is 12.1. The maximum atomic E-state index is 12.1. The highest BCUT2D eigenvalue weighted by Crippen LogP contribution is 2.23. The van der Waals surface area contributed by atoms with E-state index >= 15 is 0 Å². The summed E-state index contributed by atoms with van der Waals surface area (Å²) >= 11 is 0. The molecular weight excluding hydrogens is 396 g/mol. The van der Waals surface area contributed by atoms with Crippen LogP contribution in [0.15, 0.2) is 48.5 Å². The molecule has 2 aromatic rings. The number of methoxy groups -OCH3 is 2. The molecule has 7 nitrogen and oxygen atoms in total. The van der Waals surface area contributed by atoms with Crippen LogP contribution in [0.4, 0.5) is 11.4 Å². The highest BCUT2D eigenvalue weighted by Gasteiger charge is 2.11. The molecule has 1 aliphatic heterocycles. The molecule has 0 radical (unpaired) electrons. The SMILES string of the molecule is COc1cc(/C=C/C(=O)OCC(=O)Nc2ccc(N3CCCCC3)cc2)cc(OC)c1. The van der Waals surface area contributed by atoms with E-state index in [0.29, 0.717) is 22.7 Å². The van der Waals surface area contributed by atoms with Gasteiger partial charge in [-0.3, -0.25) is 4.79 Å². The minimum atomic E-state index is -0.614. The lowest BCUT2D eigenvalue weighted by Crippen LogP contribution is -2.29. The van der Waals surface area contributed by atoms with Crippen LogP contribution in [-0.2, 0) is 14.3 Å². The number of nitrogens with one attached hydrogen (secondary N) is 1. The van der Waals surface area contributed by atoms with Crippen LogP contribution in [0, 0.1) is 0 Å². The van der Waals surface area contributed by atoms with Crippen LogP contribution in [0.25, 0.3) is 6.08 Å². The Morgan fingerprint density at radius 3 is 2.23 bits per heavy atom. The second kappa shape index (κ2) is 11.1. The number of hydrogen-bond acceptors (Lipinski definition) is 6. The molecular formula is C24H28N2O5. The van der Waals surface area contributed by atoms with Crippen LogP contribution in [0.2, 0.25) is 0 Å². The molecule has 1 amide bonds. The Balaban J connectivity index is 1.47. The van der Waals surface area contributed by atoms with E-state index in [0.717, 1.165) is 18.8 Å². The summed E-state index contributed by atoms with van der Waals surface area (Å²) in [6, 6.07) is 13.0. The summed E-state index contributed by atoms with van der Waals surface area (Å²) in [5.74, 6) is 0.212. The molecule has 1 aliphatic rings. The summed E-state index contributed by atoms with van der Waals surface area (Å²) in [4.78, 5) is 26.4. The molecule has 0 saturated carbocycles. The third kappa shape index (κ3) is 6.77. The highest BCUT2D eigenvalue weighted by atomic mass is 16.5. The van der Waals surface area contributed by atoms with Crippen LogP contribution < -0.4 is 19.7 Å². The predicted octanol–water partition coefficient (Wildman–Crippen LogP) is 3.89. The van der Waals surface area contributed by atoms with Gasteiger partial charge in [-0.1, -0.05) is 0 Å². The van der Waals surface area contributed by atoms with E-state index in [1.54, 1.807) is 38.5 Å². The number of esters is 1.